The normalized spacial score (nSPS) is 11.5. The highest BCUT2D eigenvalue weighted by Crippen LogP contribution is 2.27. The van der Waals surface area contributed by atoms with Crippen molar-refractivity contribution in [1.82, 2.24) is 5.43 Å². The van der Waals surface area contributed by atoms with E-state index in [-0.39, 0.29) is 6.04 Å². The Hall–Kier alpha value is -2.33. The lowest BCUT2D eigenvalue weighted by atomic mass is 10.0. The van der Waals surface area contributed by atoms with Crippen molar-refractivity contribution < 1.29 is 0 Å². The van der Waals surface area contributed by atoms with Crippen molar-refractivity contribution in [1.29, 1.82) is 0 Å². The van der Waals surface area contributed by atoms with Gasteiger partial charge in [0.15, 0.2) is 0 Å². The summed E-state index contributed by atoms with van der Waals surface area (Å²) in [5, 5.41) is 3.24. The van der Waals surface area contributed by atoms with Gasteiger partial charge in [0, 0.05) is 17.3 Å². The molecule has 0 aliphatic carbocycles. The summed E-state index contributed by atoms with van der Waals surface area (Å²) in [5.41, 5.74) is 5.83. The topological polar surface area (TPSA) is 62.4 Å². The lowest BCUT2D eigenvalue weighted by molar-refractivity contribution is 0.819. The molecular weight excluding hydrogens is 248 g/mol. The van der Waals surface area contributed by atoms with Crippen LogP contribution in [0, 0.1) is 0 Å². The quantitative estimate of drug-likeness (QED) is 0.347. The smallest absolute Gasteiger partial charge is 0.210 e. The van der Waals surface area contributed by atoms with Crippen molar-refractivity contribution in [3.8, 4) is 11.1 Å². The third kappa shape index (κ3) is 3.59. The van der Waals surface area contributed by atoms with Crippen LogP contribution in [-0.4, -0.2) is 12.0 Å². The third-order valence-corrected chi connectivity index (χ3v) is 2.79. The second kappa shape index (κ2) is 6.73. The summed E-state index contributed by atoms with van der Waals surface area (Å²) < 4.78 is 0. The highest BCUT2D eigenvalue weighted by atomic mass is 15.3. The van der Waals surface area contributed by atoms with Crippen molar-refractivity contribution >= 4 is 11.6 Å². The van der Waals surface area contributed by atoms with Gasteiger partial charge in [-0.2, -0.15) is 0 Å². The number of nitrogens with two attached hydrogens (primary N) is 1. The number of nitrogens with zero attached hydrogens (tertiary/aromatic N) is 1. The summed E-state index contributed by atoms with van der Waals surface area (Å²) in [4.78, 5) is 4.39. The molecule has 4 heteroatoms. The van der Waals surface area contributed by atoms with Gasteiger partial charge in [-0.15, -0.1) is 0 Å². The Balaban J connectivity index is 2.34. The van der Waals surface area contributed by atoms with E-state index in [2.05, 4.69) is 33.9 Å². The second-order valence-corrected chi connectivity index (χ2v) is 4.75. The molecule has 0 saturated carbocycles. The molecule has 0 radical (unpaired) electrons. The summed E-state index contributed by atoms with van der Waals surface area (Å²) in [6.07, 6.45) is 0. The zero-order valence-corrected chi connectivity index (χ0v) is 11.8. The molecule has 104 valence electrons. The molecule has 0 aliphatic rings. The molecule has 2 rings (SSSR count). The van der Waals surface area contributed by atoms with Crippen LogP contribution in [0.15, 0.2) is 59.6 Å². The van der Waals surface area contributed by atoms with Crippen LogP contribution >= 0.6 is 0 Å². The van der Waals surface area contributed by atoms with E-state index in [0.29, 0.717) is 5.96 Å². The van der Waals surface area contributed by atoms with Crippen LogP contribution < -0.4 is 16.6 Å². The van der Waals surface area contributed by atoms with Crippen LogP contribution in [0.2, 0.25) is 0 Å². The van der Waals surface area contributed by atoms with Gasteiger partial charge in [-0.25, -0.2) is 10.8 Å². The average Bonchev–Trinajstić information content (AvgIpc) is 2.47. The first kappa shape index (κ1) is 14.1. The number of anilines is 1. The van der Waals surface area contributed by atoms with Gasteiger partial charge in [0.1, 0.15) is 0 Å². The van der Waals surface area contributed by atoms with Crippen molar-refractivity contribution in [2.24, 2.45) is 10.8 Å². The number of aliphatic imine (C=N–C) groups is 1. The molecule has 0 aromatic heterocycles. The van der Waals surface area contributed by atoms with Gasteiger partial charge in [-0.1, -0.05) is 48.5 Å². The van der Waals surface area contributed by atoms with E-state index in [9.17, 15) is 0 Å². The summed E-state index contributed by atoms with van der Waals surface area (Å²) in [5.74, 6) is 6.07. The number of guanidine groups is 1. The predicted molar refractivity (Wildman–Crippen MR) is 85.4 cm³/mol. The van der Waals surface area contributed by atoms with Gasteiger partial charge in [0.05, 0.1) is 0 Å². The van der Waals surface area contributed by atoms with Gasteiger partial charge >= 0.3 is 0 Å². The van der Waals surface area contributed by atoms with Gasteiger partial charge in [-0.05, 0) is 25.5 Å². The van der Waals surface area contributed by atoms with Crippen LogP contribution in [0.25, 0.3) is 11.1 Å². The van der Waals surface area contributed by atoms with Crippen molar-refractivity contribution in [2.75, 3.05) is 5.32 Å². The molecule has 4 N–H and O–H groups in total. The van der Waals surface area contributed by atoms with Gasteiger partial charge in [-0.3, -0.25) is 5.43 Å². The Labute approximate surface area is 119 Å². The number of para-hydroxylation sites is 1. The summed E-state index contributed by atoms with van der Waals surface area (Å²) >= 11 is 0. The highest BCUT2D eigenvalue weighted by Gasteiger charge is 2.06. The molecule has 2 aromatic rings. The molecule has 0 bridgehead atoms. The number of hydrogen-bond acceptors (Lipinski definition) is 2. The highest BCUT2D eigenvalue weighted by molar-refractivity contribution is 5.97. The minimum atomic E-state index is 0.164. The average molecular weight is 268 g/mol. The van der Waals surface area contributed by atoms with E-state index >= 15 is 0 Å². The van der Waals surface area contributed by atoms with Crippen molar-refractivity contribution in [3.63, 3.8) is 0 Å². The summed E-state index contributed by atoms with van der Waals surface area (Å²) in [7, 11) is 0. The first-order valence-electron chi connectivity index (χ1n) is 6.66. The number of benzene rings is 2. The van der Waals surface area contributed by atoms with Gasteiger partial charge < -0.3 is 5.32 Å². The molecular formula is C16H20N4. The number of nitrogens with one attached hydrogen (secondary N) is 2. The number of rotatable bonds is 3. The van der Waals surface area contributed by atoms with E-state index in [1.165, 1.54) is 0 Å². The lowest BCUT2D eigenvalue weighted by Crippen LogP contribution is -2.37. The van der Waals surface area contributed by atoms with Crippen LogP contribution in [0.4, 0.5) is 5.69 Å². The molecule has 0 atom stereocenters. The Morgan fingerprint density at radius 1 is 1.00 bits per heavy atom. The van der Waals surface area contributed by atoms with E-state index in [4.69, 9.17) is 5.84 Å². The van der Waals surface area contributed by atoms with Crippen LogP contribution in [-0.2, 0) is 0 Å². The first-order valence-corrected chi connectivity index (χ1v) is 6.66. The van der Waals surface area contributed by atoms with E-state index < -0.39 is 0 Å². The van der Waals surface area contributed by atoms with Crippen LogP contribution in [0.5, 0.6) is 0 Å². The largest absolute Gasteiger partial charge is 0.325 e. The second-order valence-electron chi connectivity index (χ2n) is 4.75. The standard InChI is InChI=1S/C16H20N4/c1-12(2)18-16(20-17)19-15-11-7-6-10-14(15)13-8-4-3-5-9-13/h3-12H,17H2,1-2H3,(H2,18,19,20). The van der Waals surface area contributed by atoms with Gasteiger partial charge in [0.25, 0.3) is 0 Å². The van der Waals surface area contributed by atoms with Crippen molar-refractivity contribution in [3.05, 3.63) is 54.6 Å². The molecule has 0 aliphatic heterocycles. The minimum Gasteiger partial charge on any atom is -0.325 e. The van der Waals surface area contributed by atoms with Crippen LogP contribution in [0.1, 0.15) is 13.8 Å². The molecule has 0 fully saturated rings. The number of hydrogen-bond donors (Lipinski definition) is 3. The van der Waals surface area contributed by atoms with Crippen molar-refractivity contribution in [2.45, 2.75) is 19.9 Å². The molecule has 2 aromatic carbocycles. The molecule has 0 spiro atoms. The number of hydrazine groups is 1. The zero-order chi connectivity index (χ0) is 14.4. The van der Waals surface area contributed by atoms with E-state index in [0.717, 1.165) is 16.8 Å². The maximum Gasteiger partial charge on any atom is 0.210 e. The zero-order valence-electron chi connectivity index (χ0n) is 11.8. The summed E-state index contributed by atoms with van der Waals surface area (Å²) in [6.45, 7) is 4.00. The molecule has 0 heterocycles. The fourth-order valence-corrected chi connectivity index (χ4v) is 1.95. The van der Waals surface area contributed by atoms with E-state index in [1.54, 1.807) is 0 Å². The fraction of sp³-hybridized carbons (Fsp3) is 0.188. The SMILES string of the molecule is CC(C)N=C(NN)Nc1ccccc1-c1ccccc1. The molecule has 20 heavy (non-hydrogen) atoms. The lowest BCUT2D eigenvalue weighted by Gasteiger charge is -2.14. The maximum absolute atomic E-state index is 5.51. The van der Waals surface area contributed by atoms with Crippen LogP contribution in [0.3, 0.4) is 0 Å². The van der Waals surface area contributed by atoms with Gasteiger partial charge in [0.2, 0.25) is 5.96 Å². The Morgan fingerprint density at radius 3 is 2.30 bits per heavy atom. The third-order valence-electron chi connectivity index (χ3n) is 2.79. The predicted octanol–water partition coefficient (Wildman–Crippen LogP) is 2.99. The minimum absolute atomic E-state index is 0.164. The Morgan fingerprint density at radius 2 is 1.65 bits per heavy atom. The Bertz CT molecular complexity index is 576. The fourth-order valence-electron chi connectivity index (χ4n) is 1.95. The Kier molecular flexibility index (Phi) is 4.74. The molecule has 0 unspecified atom stereocenters. The first-order chi connectivity index (χ1) is 9.70. The maximum atomic E-state index is 5.51. The molecule has 4 nitrogen and oxygen atoms in total. The molecule has 0 amide bonds. The monoisotopic (exact) mass is 268 g/mol. The summed E-state index contributed by atoms with van der Waals surface area (Å²) in [6, 6.07) is 18.5. The molecule has 0 saturated heterocycles. The van der Waals surface area contributed by atoms with E-state index in [1.807, 2.05) is 50.2 Å².